The van der Waals surface area contributed by atoms with Crippen LogP contribution in [0.25, 0.3) is 0 Å². The second-order valence-corrected chi connectivity index (χ2v) is 6.33. The van der Waals surface area contributed by atoms with Gasteiger partial charge in [-0.05, 0) is 34.1 Å². The zero-order chi connectivity index (χ0) is 15.8. The first kappa shape index (κ1) is 15.3. The van der Waals surface area contributed by atoms with Gasteiger partial charge in [0.05, 0.1) is 5.69 Å². The first-order valence-electron chi connectivity index (χ1n) is 6.95. The van der Waals surface area contributed by atoms with Gasteiger partial charge in [0.2, 0.25) is 0 Å². The summed E-state index contributed by atoms with van der Waals surface area (Å²) in [6.07, 6.45) is 0.318. The molecular formula is C14H21N3O4. The van der Waals surface area contributed by atoms with Gasteiger partial charge in [-0.2, -0.15) is 5.10 Å². The number of likely N-dealkylation sites (tertiary alicyclic amines) is 1. The molecule has 1 aliphatic rings. The van der Waals surface area contributed by atoms with E-state index in [2.05, 4.69) is 10.2 Å². The summed E-state index contributed by atoms with van der Waals surface area (Å²) >= 11 is 0. The topological polar surface area (TPSA) is 95.5 Å². The number of carboxylic acids is 1. The minimum absolute atomic E-state index is 0.0754. The predicted molar refractivity (Wildman–Crippen MR) is 75.4 cm³/mol. The van der Waals surface area contributed by atoms with Crippen LogP contribution in [0.4, 0.5) is 4.79 Å². The monoisotopic (exact) mass is 295 g/mol. The van der Waals surface area contributed by atoms with Crippen molar-refractivity contribution in [2.75, 3.05) is 13.1 Å². The lowest BCUT2D eigenvalue weighted by atomic mass is 10.00. The third-order valence-electron chi connectivity index (χ3n) is 3.42. The lowest BCUT2D eigenvalue weighted by molar-refractivity contribution is 0.0292. The van der Waals surface area contributed by atoms with Crippen molar-refractivity contribution in [2.45, 2.75) is 45.6 Å². The molecule has 1 aromatic heterocycles. The van der Waals surface area contributed by atoms with E-state index in [0.29, 0.717) is 30.9 Å². The van der Waals surface area contributed by atoms with Crippen molar-refractivity contribution in [3.05, 3.63) is 17.0 Å². The Hall–Kier alpha value is -2.05. The lowest BCUT2D eigenvalue weighted by Crippen LogP contribution is -2.35. The molecular weight excluding hydrogens is 274 g/mol. The summed E-state index contributed by atoms with van der Waals surface area (Å²) in [5, 5.41) is 16.1. The molecule has 0 saturated carbocycles. The molecule has 0 bridgehead atoms. The number of amides is 1. The van der Waals surface area contributed by atoms with Gasteiger partial charge in [-0.3, -0.25) is 5.10 Å². The van der Waals surface area contributed by atoms with Gasteiger partial charge in [0.15, 0.2) is 0 Å². The second kappa shape index (κ2) is 5.38. The first-order chi connectivity index (χ1) is 9.69. The Kier molecular flexibility index (Phi) is 3.93. The molecule has 1 fully saturated rings. The molecule has 1 atom stereocenters. The van der Waals surface area contributed by atoms with E-state index in [-0.39, 0.29) is 17.6 Å². The van der Waals surface area contributed by atoms with Crippen molar-refractivity contribution in [1.29, 1.82) is 0 Å². The maximum absolute atomic E-state index is 12.0. The van der Waals surface area contributed by atoms with Crippen LogP contribution in [-0.2, 0) is 4.74 Å². The average Bonchev–Trinajstić information content (AvgIpc) is 2.92. The number of nitrogens with zero attached hydrogens (tertiary/aromatic N) is 2. The highest BCUT2D eigenvalue weighted by Crippen LogP contribution is 2.30. The SMILES string of the molecule is Cc1[nH]nc([C@@H]2CCN(C(=O)OC(C)(C)C)C2)c1C(=O)O. The number of ether oxygens (including phenoxy) is 1. The van der Waals surface area contributed by atoms with Gasteiger partial charge in [-0.25, -0.2) is 9.59 Å². The molecule has 1 saturated heterocycles. The fraction of sp³-hybridized carbons (Fsp3) is 0.643. The molecule has 0 aromatic carbocycles. The quantitative estimate of drug-likeness (QED) is 0.871. The Morgan fingerprint density at radius 1 is 1.43 bits per heavy atom. The zero-order valence-electron chi connectivity index (χ0n) is 12.8. The van der Waals surface area contributed by atoms with E-state index in [1.807, 2.05) is 20.8 Å². The van der Waals surface area contributed by atoms with Crippen molar-refractivity contribution in [3.8, 4) is 0 Å². The van der Waals surface area contributed by atoms with Crippen LogP contribution in [0.3, 0.4) is 0 Å². The van der Waals surface area contributed by atoms with Crippen LogP contribution < -0.4 is 0 Å². The molecule has 0 unspecified atom stereocenters. The number of nitrogens with one attached hydrogen (secondary N) is 1. The summed E-state index contributed by atoms with van der Waals surface area (Å²) < 4.78 is 5.33. The number of hydrogen-bond donors (Lipinski definition) is 2. The second-order valence-electron chi connectivity index (χ2n) is 6.33. The highest BCUT2D eigenvalue weighted by atomic mass is 16.6. The van der Waals surface area contributed by atoms with Crippen molar-refractivity contribution >= 4 is 12.1 Å². The molecule has 2 rings (SSSR count). The van der Waals surface area contributed by atoms with E-state index in [1.54, 1.807) is 11.8 Å². The van der Waals surface area contributed by atoms with E-state index >= 15 is 0 Å². The number of carboxylic acid groups (broad SMARTS) is 1. The molecule has 7 nitrogen and oxygen atoms in total. The van der Waals surface area contributed by atoms with Crippen LogP contribution in [0.1, 0.15) is 54.9 Å². The molecule has 1 amide bonds. The van der Waals surface area contributed by atoms with Crippen LogP contribution in [0.5, 0.6) is 0 Å². The molecule has 7 heteroatoms. The predicted octanol–water partition coefficient (Wildman–Crippen LogP) is 2.14. The Morgan fingerprint density at radius 2 is 2.10 bits per heavy atom. The number of aromatic nitrogens is 2. The van der Waals surface area contributed by atoms with Gasteiger partial charge < -0.3 is 14.7 Å². The molecule has 1 aromatic rings. The summed E-state index contributed by atoms with van der Waals surface area (Å²) in [6, 6.07) is 0. The molecule has 0 spiro atoms. The summed E-state index contributed by atoms with van der Waals surface area (Å²) in [6.45, 7) is 8.11. The maximum atomic E-state index is 12.0. The van der Waals surface area contributed by atoms with E-state index in [9.17, 15) is 14.7 Å². The van der Waals surface area contributed by atoms with Gasteiger partial charge in [-0.15, -0.1) is 0 Å². The van der Waals surface area contributed by atoms with Crippen LogP contribution in [0.15, 0.2) is 0 Å². The third kappa shape index (κ3) is 3.34. The molecule has 0 radical (unpaired) electrons. The standard InChI is InChI=1S/C14H21N3O4/c1-8-10(12(18)19)11(16-15-8)9-5-6-17(7-9)13(20)21-14(2,3)4/h9H,5-7H2,1-4H3,(H,15,16)(H,18,19)/t9-/m1/s1. The average molecular weight is 295 g/mol. The van der Waals surface area contributed by atoms with Gasteiger partial charge in [-0.1, -0.05) is 0 Å². The van der Waals surface area contributed by atoms with E-state index in [1.165, 1.54) is 0 Å². The number of hydrogen-bond acceptors (Lipinski definition) is 4. The lowest BCUT2D eigenvalue weighted by Gasteiger charge is -2.24. The number of carbonyl (C=O) groups excluding carboxylic acids is 1. The van der Waals surface area contributed by atoms with E-state index < -0.39 is 11.6 Å². The van der Waals surface area contributed by atoms with Crippen molar-refractivity contribution in [2.24, 2.45) is 0 Å². The minimum Gasteiger partial charge on any atom is -0.478 e. The van der Waals surface area contributed by atoms with Gasteiger partial charge >= 0.3 is 12.1 Å². The molecule has 2 N–H and O–H groups in total. The van der Waals surface area contributed by atoms with Gasteiger partial charge in [0.1, 0.15) is 11.2 Å². The number of rotatable bonds is 2. The van der Waals surface area contributed by atoms with Crippen molar-refractivity contribution < 1.29 is 19.4 Å². The third-order valence-corrected chi connectivity index (χ3v) is 3.42. The highest BCUT2D eigenvalue weighted by molar-refractivity contribution is 5.90. The number of aryl methyl sites for hydroxylation is 1. The van der Waals surface area contributed by atoms with Crippen LogP contribution in [0.2, 0.25) is 0 Å². The number of aromatic amines is 1. The molecule has 0 aliphatic carbocycles. The Morgan fingerprint density at radius 3 is 2.67 bits per heavy atom. The zero-order valence-corrected chi connectivity index (χ0v) is 12.8. The van der Waals surface area contributed by atoms with Gasteiger partial charge in [0, 0.05) is 24.7 Å². The Bertz CT molecular complexity index is 559. The molecule has 2 heterocycles. The van der Waals surface area contributed by atoms with Gasteiger partial charge in [0.25, 0.3) is 0 Å². The van der Waals surface area contributed by atoms with Crippen LogP contribution in [0, 0.1) is 6.92 Å². The minimum atomic E-state index is -0.994. The van der Waals surface area contributed by atoms with E-state index in [4.69, 9.17) is 4.74 Å². The first-order valence-corrected chi connectivity index (χ1v) is 6.95. The maximum Gasteiger partial charge on any atom is 0.410 e. The van der Waals surface area contributed by atoms with Crippen LogP contribution >= 0.6 is 0 Å². The normalized spacial score (nSPS) is 18.9. The highest BCUT2D eigenvalue weighted by Gasteiger charge is 2.34. The molecule has 21 heavy (non-hydrogen) atoms. The summed E-state index contributed by atoms with van der Waals surface area (Å²) in [5.41, 5.74) is 0.731. The summed E-state index contributed by atoms with van der Waals surface area (Å²) in [5.74, 6) is -1.07. The van der Waals surface area contributed by atoms with E-state index in [0.717, 1.165) is 0 Å². The largest absolute Gasteiger partial charge is 0.478 e. The summed E-state index contributed by atoms with van der Waals surface area (Å²) in [7, 11) is 0. The van der Waals surface area contributed by atoms with Crippen LogP contribution in [-0.4, -0.2) is 51.0 Å². The van der Waals surface area contributed by atoms with Crippen molar-refractivity contribution in [1.82, 2.24) is 15.1 Å². The smallest absolute Gasteiger partial charge is 0.410 e. The molecule has 116 valence electrons. The fourth-order valence-corrected chi connectivity index (χ4v) is 2.49. The molecule has 1 aliphatic heterocycles. The summed E-state index contributed by atoms with van der Waals surface area (Å²) in [4.78, 5) is 24.9. The Labute approximate surface area is 123 Å². The number of carbonyl (C=O) groups is 2. The van der Waals surface area contributed by atoms with Crippen molar-refractivity contribution in [3.63, 3.8) is 0 Å². The fourth-order valence-electron chi connectivity index (χ4n) is 2.49. The number of aromatic carboxylic acids is 1. The Balaban J connectivity index is 2.10. The number of H-pyrrole nitrogens is 1.